The van der Waals surface area contributed by atoms with Crippen LogP contribution in [0.4, 0.5) is 4.79 Å². The number of aliphatic carboxylic acids is 1. The molecule has 2 saturated heterocycles. The Balaban J connectivity index is 1.80. The van der Waals surface area contributed by atoms with E-state index < -0.39 is 11.9 Å². The number of carbonyl (C=O) groups is 2. The van der Waals surface area contributed by atoms with Crippen molar-refractivity contribution >= 4 is 12.0 Å². The summed E-state index contributed by atoms with van der Waals surface area (Å²) >= 11 is 0. The number of nitrogens with zero attached hydrogens (tertiary/aromatic N) is 3. The lowest BCUT2D eigenvalue weighted by Crippen LogP contribution is -2.57. The fourth-order valence-corrected chi connectivity index (χ4v) is 2.49. The summed E-state index contributed by atoms with van der Waals surface area (Å²) in [5.41, 5.74) is 2.87. The highest BCUT2D eigenvalue weighted by Crippen LogP contribution is 2.16. The predicted octanol–water partition coefficient (Wildman–Crippen LogP) is -0.345. The van der Waals surface area contributed by atoms with E-state index in [4.69, 9.17) is 5.11 Å². The van der Waals surface area contributed by atoms with E-state index in [0.717, 1.165) is 32.6 Å². The van der Waals surface area contributed by atoms with Crippen LogP contribution in [-0.4, -0.2) is 78.2 Å². The Kier molecular flexibility index (Phi) is 4.60. The second-order valence-electron chi connectivity index (χ2n) is 5.33. The van der Waals surface area contributed by atoms with Crippen molar-refractivity contribution in [1.82, 2.24) is 20.2 Å². The van der Waals surface area contributed by atoms with Crippen LogP contribution < -0.4 is 5.43 Å². The van der Waals surface area contributed by atoms with Crippen LogP contribution in [0.15, 0.2) is 0 Å². The Bertz CT molecular complexity index is 342. The fourth-order valence-electron chi connectivity index (χ4n) is 2.49. The molecule has 2 aliphatic rings. The lowest BCUT2D eigenvalue weighted by Gasteiger charge is -2.36. The van der Waals surface area contributed by atoms with Gasteiger partial charge in [0.1, 0.15) is 0 Å². The van der Waals surface area contributed by atoms with Gasteiger partial charge < -0.3 is 14.9 Å². The van der Waals surface area contributed by atoms with Gasteiger partial charge in [-0.2, -0.15) is 0 Å². The molecular formula is C12H22N4O3. The van der Waals surface area contributed by atoms with Crippen molar-refractivity contribution in [3.8, 4) is 0 Å². The van der Waals surface area contributed by atoms with E-state index in [1.165, 1.54) is 0 Å². The Morgan fingerprint density at radius 2 is 1.84 bits per heavy atom. The standard InChI is InChI=1S/C12H22N4O3/c1-14-5-7-16(8-6-14)13-12(19)15-4-2-3-10(9-15)11(17)18/h10H,2-9H2,1H3,(H,13,19)(H,17,18)/t10-/m1/s1. The van der Waals surface area contributed by atoms with E-state index in [0.29, 0.717) is 19.5 Å². The SMILES string of the molecule is CN1CCN(NC(=O)N2CCC[C@@H](C(=O)O)C2)CC1. The third-order valence-corrected chi connectivity index (χ3v) is 3.81. The highest BCUT2D eigenvalue weighted by molar-refractivity contribution is 5.76. The van der Waals surface area contributed by atoms with E-state index in [9.17, 15) is 9.59 Å². The van der Waals surface area contributed by atoms with Gasteiger partial charge in [0.15, 0.2) is 0 Å². The van der Waals surface area contributed by atoms with E-state index in [1.54, 1.807) is 4.90 Å². The van der Waals surface area contributed by atoms with Crippen LogP contribution in [0.2, 0.25) is 0 Å². The van der Waals surface area contributed by atoms with Crippen molar-refractivity contribution < 1.29 is 14.7 Å². The van der Waals surface area contributed by atoms with Crippen LogP contribution >= 0.6 is 0 Å². The van der Waals surface area contributed by atoms with Gasteiger partial charge in [-0.15, -0.1) is 0 Å². The number of piperazine rings is 1. The van der Waals surface area contributed by atoms with Crippen LogP contribution in [0.3, 0.4) is 0 Å². The van der Waals surface area contributed by atoms with Crippen molar-refractivity contribution in [3.63, 3.8) is 0 Å². The number of hydrogen-bond donors (Lipinski definition) is 2. The molecule has 0 saturated carbocycles. The Morgan fingerprint density at radius 1 is 1.16 bits per heavy atom. The lowest BCUT2D eigenvalue weighted by atomic mass is 9.99. The van der Waals surface area contributed by atoms with Crippen molar-refractivity contribution in [1.29, 1.82) is 0 Å². The first-order valence-corrected chi connectivity index (χ1v) is 6.78. The Labute approximate surface area is 113 Å². The number of likely N-dealkylation sites (N-methyl/N-ethyl adjacent to an activating group) is 1. The summed E-state index contributed by atoms with van der Waals surface area (Å²) in [5.74, 6) is -1.23. The molecule has 0 aromatic heterocycles. The summed E-state index contributed by atoms with van der Waals surface area (Å²) in [6.45, 7) is 4.42. The largest absolute Gasteiger partial charge is 0.481 e. The quantitative estimate of drug-likeness (QED) is 0.717. The summed E-state index contributed by atoms with van der Waals surface area (Å²) in [5, 5.41) is 10.9. The molecule has 2 fully saturated rings. The highest BCUT2D eigenvalue weighted by Gasteiger charge is 2.29. The third-order valence-electron chi connectivity index (χ3n) is 3.81. The first-order chi connectivity index (χ1) is 9.06. The Hall–Kier alpha value is -1.34. The molecular weight excluding hydrogens is 248 g/mol. The Morgan fingerprint density at radius 3 is 2.47 bits per heavy atom. The molecule has 0 aliphatic carbocycles. The molecule has 19 heavy (non-hydrogen) atoms. The van der Waals surface area contributed by atoms with Gasteiger partial charge in [-0.1, -0.05) is 0 Å². The number of carboxylic acids is 1. The molecule has 0 spiro atoms. The average molecular weight is 270 g/mol. The van der Waals surface area contributed by atoms with Gasteiger partial charge >= 0.3 is 12.0 Å². The van der Waals surface area contributed by atoms with Crippen LogP contribution in [-0.2, 0) is 4.79 Å². The normalized spacial score (nSPS) is 26.2. The second-order valence-corrected chi connectivity index (χ2v) is 5.33. The molecule has 2 rings (SSSR count). The monoisotopic (exact) mass is 270 g/mol. The molecule has 1 atom stereocenters. The average Bonchev–Trinajstić information content (AvgIpc) is 2.41. The third kappa shape index (κ3) is 3.81. The molecule has 2 heterocycles. The lowest BCUT2D eigenvalue weighted by molar-refractivity contribution is -0.143. The predicted molar refractivity (Wildman–Crippen MR) is 69.5 cm³/mol. The second kappa shape index (κ2) is 6.21. The fraction of sp³-hybridized carbons (Fsp3) is 0.833. The number of amides is 2. The minimum atomic E-state index is -0.808. The first-order valence-electron chi connectivity index (χ1n) is 6.78. The number of hydrogen-bond acceptors (Lipinski definition) is 4. The zero-order valence-corrected chi connectivity index (χ0v) is 11.3. The summed E-state index contributed by atoms with van der Waals surface area (Å²) in [6, 6.07) is -0.171. The van der Waals surface area contributed by atoms with E-state index in [1.807, 2.05) is 5.01 Å². The van der Waals surface area contributed by atoms with Gasteiger partial charge in [0.05, 0.1) is 5.92 Å². The molecule has 0 radical (unpaired) electrons. The molecule has 2 aliphatic heterocycles. The van der Waals surface area contributed by atoms with Gasteiger partial charge in [-0.3, -0.25) is 10.2 Å². The van der Waals surface area contributed by atoms with Gasteiger partial charge in [0.25, 0.3) is 0 Å². The molecule has 0 aromatic carbocycles. The molecule has 2 amide bonds. The van der Waals surface area contributed by atoms with Crippen molar-refractivity contribution in [3.05, 3.63) is 0 Å². The van der Waals surface area contributed by atoms with Crippen LogP contribution in [0, 0.1) is 5.92 Å². The molecule has 0 bridgehead atoms. The first kappa shape index (κ1) is 14.1. The highest BCUT2D eigenvalue weighted by atomic mass is 16.4. The van der Waals surface area contributed by atoms with E-state index >= 15 is 0 Å². The van der Waals surface area contributed by atoms with E-state index in [2.05, 4.69) is 17.4 Å². The topological polar surface area (TPSA) is 76.1 Å². The van der Waals surface area contributed by atoms with Crippen molar-refractivity contribution in [2.75, 3.05) is 46.3 Å². The number of rotatable bonds is 2. The molecule has 0 unspecified atom stereocenters. The number of piperidine rings is 1. The maximum absolute atomic E-state index is 12.1. The van der Waals surface area contributed by atoms with Crippen LogP contribution in [0.5, 0.6) is 0 Å². The van der Waals surface area contributed by atoms with Gasteiger partial charge in [-0.05, 0) is 19.9 Å². The minimum Gasteiger partial charge on any atom is -0.481 e. The van der Waals surface area contributed by atoms with Gasteiger partial charge in [0.2, 0.25) is 0 Å². The smallest absolute Gasteiger partial charge is 0.331 e. The zero-order chi connectivity index (χ0) is 13.8. The van der Waals surface area contributed by atoms with Crippen LogP contribution in [0.1, 0.15) is 12.8 Å². The summed E-state index contributed by atoms with van der Waals surface area (Å²) < 4.78 is 0. The number of hydrazine groups is 1. The molecule has 7 heteroatoms. The van der Waals surface area contributed by atoms with E-state index in [-0.39, 0.29) is 6.03 Å². The summed E-state index contributed by atoms with van der Waals surface area (Å²) in [4.78, 5) is 26.9. The number of carbonyl (C=O) groups excluding carboxylic acids is 1. The number of urea groups is 1. The zero-order valence-electron chi connectivity index (χ0n) is 11.3. The molecule has 7 nitrogen and oxygen atoms in total. The molecule has 2 N–H and O–H groups in total. The minimum absolute atomic E-state index is 0.171. The summed E-state index contributed by atoms with van der Waals surface area (Å²) in [6.07, 6.45) is 1.42. The molecule has 108 valence electrons. The van der Waals surface area contributed by atoms with Gasteiger partial charge in [0, 0.05) is 39.3 Å². The number of nitrogens with one attached hydrogen (secondary N) is 1. The van der Waals surface area contributed by atoms with Gasteiger partial charge in [-0.25, -0.2) is 9.80 Å². The maximum Gasteiger partial charge on any atom is 0.331 e. The molecule has 0 aromatic rings. The van der Waals surface area contributed by atoms with Crippen molar-refractivity contribution in [2.45, 2.75) is 12.8 Å². The number of likely N-dealkylation sites (tertiary alicyclic amines) is 1. The summed E-state index contributed by atoms with van der Waals surface area (Å²) in [7, 11) is 2.06. The van der Waals surface area contributed by atoms with Crippen LogP contribution in [0.25, 0.3) is 0 Å². The van der Waals surface area contributed by atoms with Crippen molar-refractivity contribution in [2.24, 2.45) is 5.92 Å². The number of carboxylic acid groups (broad SMARTS) is 1. The maximum atomic E-state index is 12.1.